The zero-order chi connectivity index (χ0) is 9.80. The molecule has 14 heavy (non-hydrogen) atoms. The highest BCUT2D eigenvalue weighted by Gasteiger charge is 2.24. The number of rotatable bonds is 5. The number of halogens is 1. The number of hydrogen-bond donors (Lipinski definition) is 0. The van der Waals surface area contributed by atoms with Crippen molar-refractivity contribution in [2.24, 2.45) is 0 Å². The molecule has 0 saturated carbocycles. The zero-order valence-electron chi connectivity index (χ0n) is 8.21. The zero-order valence-corrected chi connectivity index (χ0v) is 9.78. The van der Waals surface area contributed by atoms with Gasteiger partial charge in [0.05, 0.1) is 0 Å². The summed E-state index contributed by atoms with van der Waals surface area (Å²) in [4.78, 5) is 0. The summed E-state index contributed by atoms with van der Waals surface area (Å²) in [6, 6.07) is 8.80. The Bertz CT molecular complexity index is 298. The average Bonchev–Trinajstić information content (AvgIpc) is 2.19. The third-order valence-corrected chi connectivity index (χ3v) is 4.19. The number of alkyl halides is 1. The first-order valence-electron chi connectivity index (χ1n) is 5.13. The fourth-order valence-electron chi connectivity index (χ4n) is 1.89. The van der Waals surface area contributed by atoms with Crippen LogP contribution >= 0.6 is 23.4 Å². The Morgan fingerprint density at radius 1 is 1.36 bits per heavy atom. The van der Waals surface area contributed by atoms with Crippen molar-refractivity contribution in [3.63, 3.8) is 0 Å². The van der Waals surface area contributed by atoms with Crippen LogP contribution in [0.1, 0.15) is 23.5 Å². The summed E-state index contributed by atoms with van der Waals surface area (Å²) in [7, 11) is 0. The van der Waals surface area contributed by atoms with E-state index in [0.29, 0.717) is 0 Å². The fourth-order valence-corrected chi connectivity index (χ4v) is 3.28. The Morgan fingerprint density at radius 2 is 2.21 bits per heavy atom. The van der Waals surface area contributed by atoms with Crippen LogP contribution in [-0.2, 0) is 6.42 Å². The van der Waals surface area contributed by atoms with E-state index >= 15 is 0 Å². The molecule has 0 saturated heterocycles. The van der Waals surface area contributed by atoms with Gasteiger partial charge in [-0.15, -0.1) is 11.6 Å². The SMILES string of the molecule is ClCCCSCC1Cc2ccccc21. The van der Waals surface area contributed by atoms with Gasteiger partial charge < -0.3 is 0 Å². The third-order valence-electron chi connectivity index (χ3n) is 2.70. The number of hydrogen-bond acceptors (Lipinski definition) is 1. The van der Waals surface area contributed by atoms with Gasteiger partial charge in [-0.2, -0.15) is 11.8 Å². The molecule has 76 valence electrons. The summed E-state index contributed by atoms with van der Waals surface area (Å²) in [5.41, 5.74) is 3.13. The number of fused-ring (bicyclic) bond motifs is 1. The van der Waals surface area contributed by atoms with Crippen LogP contribution in [0.2, 0.25) is 0 Å². The molecule has 0 radical (unpaired) electrons. The van der Waals surface area contributed by atoms with E-state index in [2.05, 4.69) is 24.3 Å². The molecule has 2 heteroatoms. The molecule has 1 aliphatic rings. The van der Waals surface area contributed by atoms with Crippen LogP contribution < -0.4 is 0 Å². The normalized spacial score (nSPS) is 18.8. The third kappa shape index (κ3) is 2.26. The maximum absolute atomic E-state index is 5.63. The lowest BCUT2D eigenvalue weighted by Gasteiger charge is -2.29. The van der Waals surface area contributed by atoms with Crippen molar-refractivity contribution in [1.29, 1.82) is 0 Å². The van der Waals surface area contributed by atoms with E-state index in [4.69, 9.17) is 11.6 Å². The van der Waals surface area contributed by atoms with Crippen LogP contribution in [0.4, 0.5) is 0 Å². The first-order chi connectivity index (χ1) is 6.92. The molecule has 1 aliphatic carbocycles. The van der Waals surface area contributed by atoms with E-state index in [0.717, 1.165) is 18.2 Å². The van der Waals surface area contributed by atoms with Crippen LogP contribution in [0, 0.1) is 0 Å². The van der Waals surface area contributed by atoms with Crippen LogP contribution in [0.5, 0.6) is 0 Å². The van der Waals surface area contributed by atoms with E-state index in [1.807, 2.05) is 11.8 Å². The second-order valence-electron chi connectivity index (χ2n) is 3.72. The van der Waals surface area contributed by atoms with Gasteiger partial charge in [0.15, 0.2) is 0 Å². The van der Waals surface area contributed by atoms with Crippen molar-refractivity contribution in [3.8, 4) is 0 Å². The lowest BCUT2D eigenvalue weighted by atomic mass is 9.79. The smallest absolute Gasteiger partial charge is 0.0231 e. The minimum atomic E-state index is 0.800. The number of benzene rings is 1. The Morgan fingerprint density at radius 3 is 3.00 bits per heavy atom. The molecule has 0 aromatic heterocycles. The van der Waals surface area contributed by atoms with Gasteiger partial charge in [0.2, 0.25) is 0 Å². The van der Waals surface area contributed by atoms with Crippen molar-refractivity contribution >= 4 is 23.4 Å². The lowest BCUT2D eigenvalue weighted by Crippen LogP contribution is -2.18. The highest BCUT2D eigenvalue weighted by molar-refractivity contribution is 7.99. The quantitative estimate of drug-likeness (QED) is 0.545. The standard InChI is InChI=1S/C12H15ClS/c13-6-3-7-14-9-11-8-10-4-1-2-5-12(10)11/h1-2,4-5,11H,3,6-9H2. The van der Waals surface area contributed by atoms with Crippen molar-refractivity contribution in [2.75, 3.05) is 17.4 Å². The predicted molar refractivity (Wildman–Crippen MR) is 65.5 cm³/mol. The molecule has 1 aromatic carbocycles. The molecule has 0 heterocycles. The van der Waals surface area contributed by atoms with Gasteiger partial charge in [-0.3, -0.25) is 0 Å². The van der Waals surface area contributed by atoms with E-state index in [1.54, 1.807) is 11.1 Å². The largest absolute Gasteiger partial charge is 0.161 e. The molecular formula is C12H15ClS. The summed E-state index contributed by atoms with van der Waals surface area (Å²) >= 11 is 7.67. The van der Waals surface area contributed by atoms with Gasteiger partial charge in [0.25, 0.3) is 0 Å². The van der Waals surface area contributed by atoms with Gasteiger partial charge >= 0.3 is 0 Å². The van der Waals surface area contributed by atoms with Gasteiger partial charge in [-0.05, 0) is 35.6 Å². The van der Waals surface area contributed by atoms with Gasteiger partial charge in [0.1, 0.15) is 0 Å². The average molecular weight is 227 g/mol. The van der Waals surface area contributed by atoms with Crippen LogP contribution in [0.3, 0.4) is 0 Å². The summed E-state index contributed by atoms with van der Waals surface area (Å²) in [5.74, 6) is 4.09. The van der Waals surface area contributed by atoms with Gasteiger partial charge in [-0.1, -0.05) is 24.3 Å². The molecule has 1 atom stereocenters. The van der Waals surface area contributed by atoms with Crippen molar-refractivity contribution in [3.05, 3.63) is 35.4 Å². The van der Waals surface area contributed by atoms with Crippen LogP contribution in [-0.4, -0.2) is 17.4 Å². The van der Waals surface area contributed by atoms with Crippen LogP contribution in [0.25, 0.3) is 0 Å². The Hall–Kier alpha value is -0.140. The predicted octanol–water partition coefficient (Wildman–Crippen LogP) is 3.69. The minimum Gasteiger partial charge on any atom is -0.161 e. The number of thioether (sulfide) groups is 1. The summed E-state index contributed by atoms with van der Waals surface area (Å²) in [6.45, 7) is 0. The van der Waals surface area contributed by atoms with Crippen molar-refractivity contribution in [2.45, 2.75) is 18.8 Å². The van der Waals surface area contributed by atoms with Crippen LogP contribution in [0.15, 0.2) is 24.3 Å². The minimum absolute atomic E-state index is 0.800. The summed E-state index contributed by atoms with van der Waals surface area (Å²) in [5, 5.41) is 0. The van der Waals surface area contributed by atoms with E-state index in [-0.39, 0.29) is 0 Å². The van der Waals surface area contributed by atoms with Gasteiger partial charge in [0, 0.05) is 11.6 Å². The first kappa shape index (κ1) is 10.4. The highest BCUT2D eigenvalue weighted by Crippen LogP contribution is 2.36. The molecule has 0 amide bonds. The Kier molecular flexibility index (Phi) is 3.77. The molecule has 0 spiro atoms. The Balaban J connectivity index is 1.76. The van der Waals surface area contributed by atoms with E-state index in [1.165, 1.54) is 17.9 Å². The lowest BCUT2D eigenvalue weighted by molar-refractivity contribution is 0.677. The van der Waals surface area contributed by atoms with Crippen molar-refractivity contribution < 1.29 is 0 Å². The molecular weight excluding hydrogens is 212 g/mol. The molecule has 0 bridgehead atoms. The molecule has 0 fully saturated rings. The monoisotopic (exact) mass is 226 g/mol. The van der Waals surface area contributed by atoms with Gasteiger partial charge in [-0.25, -0.2) is 0 Å². The Labute approximate surface area is 95.0 Å². The molecule has 0 nitrogen and oxygen atoms in total. The molecule has 0 aliphatic heterocycles. The summed E-state index contributed by atoms with van der Waals surface area (Å²) < 4.78 is 0. The maximum atomic E-state index is 5.63. The first-order valence-corrected chi connectivity index (χ1v) is 6.82. The fraction of sp³-hybridized carbons (Fsp3) is 0.500. The molecule has 1 aromatic rings. The topological polar surface area (TPSA) is 0 Å². The van der Waals surface area contributed by atoms with E-state index < -0.39 is 0 Å². The summed E-state index contributed by atoms with van der Waals surface area (Å²) in [6.07, 6.45) is 2.42. The molecule has 1 unspecified atom stereocenters. The van der Waals surface area contributed by atoms with Crippen molar-refractivity contribution in [1.82, 2.24) is 0 Å². The maximum Gasteiger partial charge on any atom is 0.0231 e. The molecule has 2 rings (SSSR count). The second-order valence-corrected chi connectivity index (χ2v) is 5.25. The van der Waals surface area contributed by atoms with E-state index in [9.17, 15) is 0 Å². The highest BCUT2D eigenvalue weighted by atomic mass is 35.5. The molecule has 0 N–H and O–H groups in total. The second kappa shape index (κ2) is 5.09.